The van der Waals surface area contributed by atoms with Crippen LogP contribution in [-0.2, 0) is 17.8 Å². The maximum atomic E-state index is 12.1. The van der Waals surface area contributed by atoms with E-state index >= 15 is 0 Å². The molecule has 0 bridgehead atoms. The fourth-order valence-corrected chi connectivity index (χ4v) is 2.68. The SMILES string of the molecule is O=C(O)Cn1ccnc(NCCc2c[nH]c3ccc(Cl)cc23)c1=O. The second-order valence-corrected chi connectivity index (χ2v) is 5.72. The van der Waals surface area contributed by atoms with Gasteiger partial charge in [0.05, 0.1) is 0 Å². The van der Waals surface area contributed by atoms with Gasteiger partial charge in [0.15, 0.2) is 5.82 Å². The van der Waals surface area contributed by atoms with Crippen molar-refractivity contribution in [2.45, 2.75) is 13.0 Å². The lowest BCUT2D eigenvalue weighted by molar-refractivity contribution is -0.137. The van der Waals surface area contributed by atoms with E-state index in [1.54, 1.807) is 0 Å². The molecular weight excluding hydrogens is 332 g/mol. The number of rotatable bonds is 6. The number of carboxylic acid groups (broad SMARTS) is 1. The van der Waals surface area contributed by atoms with Gasteiger partial charge in [0.1, 0.15) is 6.54 Å². The number of nitrogens with zero attached hydrogens (tertiary/aromatic N) is 2. The minimum absolute atomic E-state index is 0.136. The molecule has 2 heterocycles. The van der Waals surface area contributed by atoms with Crippen LogP contribution in [0.25, 0.3) is 10.9 Å². The Balaban J connectivity index is 1.71. The van der Waals surface area contributed by atoms with Gasteiger partial charge in [-0.1, -0.05) is 11.6 Å². The van der Waals surface area contributed by atoms with Crippen molar-refractivity contribution in [1.29, 1.82) is 0 Å². The minimum atomic E-state index is -1.08. The second-order valence-electron chi connectivity index (χ2n) is 5.28. The summed E-state index contributed by atoms with van der Waals surface area (Å²) < 4.78 is 1.10. The molecule has 0 aliphatic heterocycles. The monoisotopic (exact) mass is 346 g/mol. The zero-order chi connectivity index (χ0) is 17.1. The smallest absolute Gasteiger partial charge is 0.323 e. The molecular formula is C16H15ClN4O3. The van der Waals surface area contributed by atoms with E-state index in [9.17, 15) is 9.59 Å². The molecule has 0 aliphatic rings. The molecule has 3 rings (SSSR count). The molecule has 0 radical (unpaired) electrons. The molecule has 0 atom stereocenters. The number of hydrogen-bond donors (Lipinski definition) is 3. The molecule has 8 heteroatoms. The topological polar surface area (TPSA) is 100 Å². The number of aromatic amines is 1. The van der Waals surface area contributed by atoms with Crippen molar-refractivity contribution in [3.63, 3.8) is 0 Å². The maximum Gasteiger partial charge on any atom is 0.323 e. The lowest BCUT2D eigenvalue weighted by Gasteiger charge is -2.07. The van der Waals surface area contributed by atoms with Crippen molar-refractivity contribution in [3.05, 3.63) is 57.7 Å². The van der Waals surface area contributed by atoms with Crippen LogP contribution >= 0.6 is 11.6 Å². The lowest BCUT2D eigenvalue weighted by atomic mass is 10.1. The summed E-state index contributed by atoms with van der Waals surface area (Å²) in [7, 11) is 0. The molecule has 124 valence electrons. The number of carboxylic acids is 1. The molecule has 1 aromatic carbocycles. The summed E-state index contributed by atoms with van der Waals surface area (Å²) in [6, 6.07) is 5.63. The van der Waals surface area contributed by atoms with Crippen LogP contribution in [-0.4, -0.2) is 32.2 Å². The van der Waals surface area contributed by atoms with Gasteiger partial charge in [0, 0.05) is 41.1 Å². The summed E-state index contributed by atoms with van der Waals surface area (Å²) in [5.41, 5.74) is 1.61. The van der Waals surface area contributed by atoms with E-state index < -0.39 is 18.1 Å². The van der Waals surface area contributed by atoms with Crippen molar-refractivity contribution >= 4 is 34.3 Å². The van der Waals surface area contributed by atoms with E-state index in [0.717, 1.165) is 21.0 Å². The van der Waals surface area contributed by atoms with Gasteiger partial charge in [-0.3, -0.25) is 14.2 Å². The highest BCUT2D eigenvalue weighted by molar-refractivity contribution is 6.31. The van der Waals surface area contributed by atoms with Crippen LogP contribution in [0.5, 0.6) is 0 Å². The van der Waals surface area contributed by atoms with E-state index in [2.05, 4.69) is 15.3 Å². The normalized spacial score (nSPS) is 10.9. The molecule has 2 aromatic heterocycles. The van der Waals surface area contributed by atoms with Crippen molar-refractivity contribution in [1.82, 2.24) is 14.5 Å². The number of fused-ring (bicyclic) bond motifs is 1. The predicted molar refractivity (Wildman–Crippen MR) is 91.6 cm³/mol. The van der Waals surface area contributed by atoms with Gasteiger partial charge in [-0.25, -0.2) is 4.98 Å². The van der Waals surface area contributed by atoms with E-state index in [-0.39, 0.29) is 5.82 Å². The number of anilines is 1. The first-order chi connectivity index (χ1) is 11.5. The summed E-state index contributed by atoms with van der Waals surface area (Å²) in [5, 5.41) is 13.5. The average molecular weight is 347 g/mol. The molecule has 0 saturated heterocycles. The summed E-state index contributed by atoms with van der Waals surface area (Å²) >= 11 is 6.03. The Hall–Kier alpha value is -2.80. The first-order valence-electron chi connectivity index (χ1n) is 7.31. The highest BCUT2D eigenvalue weighted by atomic mass is 35.5. The number of carbonyl (C=O) groups is 1. The van der Waals surface area contributed by atoms with Crippen molar-refractivity contribution in [2.24, 2.45) is 0 Å². The number of halogens is 1. The van der Waals surface area contributed by atoms with Gasteiger partial charge in [0.2, 0.25) is 0 Å². The molecule has 0 fully saturated rings. The number of aromatic nitrogens is 3. The van der Waals surface area contributed by atoms with Crippen LogP contribution in [0.15, 0.2) is 41.6 Å². The number of benzene rings is 1. The van der Waals surface area contributed by atoms with Crippen LogP contribution < -0.4 is 10.9 Å². The van der Waals surface area contributed by atoms with E-state index in [1.165, 1.54) is 12.4 Å². The Morgan fingerprint density at radius 3 is 3.04 bits per heavy atom. The summed E-state index contributed by atoms with van der Waals surface area (Å²) in [6.45, 7) is 0.0930. The molecule has 0 saturated carbocycles. The van der Waals surface area contributed by atoms with Crippen LogP contribution in [0.3, 0.4) is 0 Å². The third kappa shape index (κ3) is 3.41. The third-order valence-corrected chi connectivity index (χ3v) is 3.87. The fraction of sp³-hybridized carbons (Fsp3) is 0.188. The molecule has 0 unspecified atom stereocenters. The van der Waals surface area contributed by atoms with Crippen LogP contribution in [0.1, 0.15) is 5.56 Å². The van der Waals surface area contributed by atoms with Crippen molar-refractivity contribution < 1.29 is 9.90 Å². The van der Waals surface area contributed by atoms with E-state index in [1.807, 2.05) is 24.4 Å². The Labute approximate surface area is 141 Å². The molecule has 0 aliphatic carbocycles. The predicted octanol–water partition coefficient (Wildman–Crippen LogP) is 2.12. The van der Waals surface area contributed by atoms with Gasteiger partial charge in [-0.15, -0.1) is 0 Å². The molecule has 0 spiro atoms. The summed E-state index contributed by atoms with van der Waals surface area (Å²) in [6.07, 6.45) is 5.32. The van der Waals surface area contributed by atoms with Crippen molar-refractivity contribution in [3.8, 4) is 0 Å². The maximum absolute atomic E-state index is 12.1. The highest BCUT2D eigenvalue weighted by Crippen LogP contribution is 2.22. The van der Waals surface area contributed by atoms with Gasteiger partial charge in [0.25, 0.3) is 5.56 Å². The van der Waals surface area contributed by atoms with Gasteiger partial charge in [-0.2, -0.15) is 0 Å². The molecule has 0 amide bonds. The number of hydrogen-bond acceptors (Lipinski definition) is 4. The number of nitrogens with one attached hydrogen (secondary N) is 2. The minimum Gasteiger partial charge on any atom is -0.480 e. The highest BCUT2D eigenvalue weighted by Gasteiger charge is 2.08. The first-order valence-corrected chi connectivity index (χ1v) is 7.69. The standard InChI is InChI=1S/C16H15ClN4O3/c17-11-1-2-13-12(7-11)10(8-20-13)3-4-18-15-16(24)21(6-5-19-15)9-14(22)23/h1-2,5-8,20H,3-4,9H2,(H,18,19)(H,22,23). The summed E-state index contributed by atoms with van der Waals surface area (Å²) in [5.74, 6) is -0.943. The molecule has 3 aromatic rings. The third-order valence-electron chi connectivity index (χ3n) is 3.64. The van der Waals surface area contributed by atoms with Gasteiger partial charge >= 0.3 is 5.97 Å². The zero-order valence-electron chi connectivity index (χ0n) is 12.6. The second kappa shape index (κ2) is 6.76. The van der Waals surface area contributed by atoms with Crippen LogP contribution in [0, 0.1) is 0 Å². The fourth-order valence-electron chi connectivity index (χ4n) is 2.51. The Morgan fingerprint density at radius 2 is 2.25 bits per heavy atom. The van der Waals surface area contributed by atoms with Gasteiger partial charge in [-0.05, 0) is 30.2 Å². The largest absolute Gasteiger partial charge is 0.480 e. The number of H-pyrrole nitrogens is 1. The van der Waals surface area contributed by atoms with Crippen molar-refractivity contribution in [2.75, 3.05) is 11.9 Å². The van der Waals surface area contributed by atoms with Crippen LogP contribution in [0.4, 0.5) is 5.82 Å². The first kappa shape index (κ1) is 16.1. The van der Waals surface area contributed by atoms with Crippen LogP contribution in [0.2, 0.25) is 5.02 Å². The quantitative estimate of drug-likeness (QED) is 0.634. The molecule has 24 heavy (non-hydrogen) atoms. The molecule has 7 nitrogen and oxygen atoms in total. The Bertz CT molecular complexity index is 948. The summed E-state index contributed by atoms with van der Waals surface area (Å²) in [4.78, 5) is 30.0. The average Bonchev–Trinajstić information content (AvgIpc) is 2.93. The molecule has 3 N–H and O–H groups in total. The number of aliphatic carboxylic acids is 1. The Kier molecular flexibility index (Phi) is 4.52. The lowest BCUT2D eigenvalue weighted by Crippen LogP contribution is -2.27. The van der Waals surface area contributed by atoms with E-state index in [0.29, 0.717) is 18.0 Å². The van der Waals surface area contributed by atoms with Gasteiger partial charge < -0.3 is 15.4 Å². The van der Waals surface area contributed by atoms with E-state index in [4.69, 9.17) is 16.7 Å². The zero-order valence-corrected chi connectivity index (χ0v) is 13.4. The Morgan fingerprint density at radius 1 is 1.42 bits per heavy atom.